The summed E-state index contributed by atoms with van der Waals surface area (Å²) in [6, 6.07) is 33.7. The van der Waals surface area contributed by atoms with Crippen LogP contribution in [0.3, 0.4) is 0 Å². The summed E-state index contributed by atoms with van der Waals surface area (Å²) in [6.07, 6.45) is 1.52. The topological polar surface area (TPSA) is 109 Å². The van der Waals surface area contributed by atoms with Crippen molar-refractivity contribution in [2.45, 2.75) is 12.5 Å². The van der Waals surface area contributed by atoms with Gasteiger partial charge in [-0.1, -0.05) is 66.7 Å². The minimum Gasteiger partial charge on any atom is -0.484 e. The first kappa shape index (κ1) is 26.8. The normalized spacial score (nSPS) is 11.4. The van der Waals surface area contributed by atoms with Crippen LogP contribution in [-0.4, -0.2) is 30.5 Å². The second-order valence-electron chi connectivity index (χ2n) is 8.57. The quantitative estimate of drug-likeness (QED) is 0.196. The first-order chi connectivity index (χ1) is 19.1. The molecule has 0 aliphatic heterocycles. The lowest BCUT2D eigenvalue weighted by molar-refractivity contribution is -0.121. The number of hydrogen-bond acceptors (Lipinski definition) is 5. The number of hydrogen-bond donors (Lipinski definition) is 3. The van der Waals surface area contributed by atoms with Gasteiger partial charge in [0.05, 0.1) is 18.7 Å². The fourth-order valence-corrected chi connectivity index (χ4v) is 3.70. The molecule has 0 heterocycles. The lowest BCUT2D eigenvalue weighted by atomic mass is 10.0. The van der Waals surface area contributed by atoms with E-state index in [-0.39, 0.29) is 30.7 Å². The average molecular weight is 521 g/mol. The molecule has 196 valence electrons. The number of carbonyl (C=O) groups is 3. The van der Waals surface area contributed by atoms with Crippen molar-refractivity contribution in [1.29, 1.82) is 0 Å². The van der Waals surface area contributed by atoms with Crippen molar-refractivity contribution in [1.82, 2.24) is 10.7 Å². The molecule has 39 heavy (non-hydrogen) atoms. The highest BCUT2D eigenvalue weighted by Crippen LogP contribution is 2.18. The van der Waals surface area contributed by atoms with Gasteiger partial charge >= 0.3 is 0 Å². The second kappa shape index (κ2) is 13.9. The zero-order valence-electron chi connectivity index (χ0n) is 21.1. The van der Waals surface area contributed by atoms with E-state index in [0.29, 0.717) is 17.0 Å². The van der Waals surface area contributed by atoms with Crippen molar-refractivity contribution >= 4 is 29.6 Å². The van der Waals surface area contributed by atoms with Gasteiger partial charge in [-0.05, 0) is 59.7 Å². The number of nitrogens with one attached hydrogen (secondary N) is 3. The van der Waals surface area contributed by atoms with Crippen LogP contribution in [0, 0.1) is 0 Å². The van der Waals surface area contributed by atoms with Gasteiger partial charge in [0.25, 0.3) is 11.8 Å². The van der Waals surface area contributed by atoms with Crippen LogP contribution in [0.4, 0.5) is 5.69 Å². The summed E-state index contributed by atoms with van der Waals surface area (Å²) in [5.74, 6) is -0.346. The molecule has 0 spiro atoms. The lowest BCUT2D eigenvalue weighted by Crippen LogP contribution is -2.32. The van der Waals surface area contributed by atoms with Gasteiger partial charge in [0.1, 0.15) is 5.75 Å². The number of ether oxygens (including phenoxy) is 1. The fourth-order valence-electron chi connectivity index (χ4n) is 3.70. The lowest BCUT2D eigenvalue weighted by Gasteiger charge is -2.18. The molecule has 0 radical (unpaired) electrons. The van der Waals surface area contributed by atoms with Crippen molar-refractivity contribution < 1.29 is 19.1 Å². The van der Waals surface area contributed by atoms with Crippen molar-refractivity contribution in [2.24, 2.45) is 5.10 Å². The van der Waals surface area contributed by atoms with Crippen molar-refractivity contribution in [3.8, 4) is 5.75 Å². The molecule has 0 saturated carbocycles. The second-order valence-corrected chi connectivity index (χ2v) is 8.57. The zero-order chi connectivity index (χ0) is 27.3. The van der Waals surface area contributed by atoms with Crippen molar-refractivity contribution in [2.75, 3.05) is 11.9 Å². The minimum atomic E-state index is -0.523. The standard InChI is InChI=1S/C31H28N4O4/c36-29(20-28(24-10-4-1-5-11-24)34-31(38)25-12-6-2-7-13-25)35-32-21-23-16-18-27(19-17-23)39-22-30(37)33-26-14-8-3-9-15-26/h1-19,21,28H,20,22H2,(H,33,37)(H,34,38)(H,35,36)/b32-21-/t28-/m1/s1. The van der Waals surface area contributed by atoms with E-state index in [1.165, 1.54) is 6.21 Å². The largest absolute Gasteiger partial charge is 0.484 e. The summed E-state index contributed by atoms with van der Waals surface area (Å²) in [5.41, 5.74) is 5.28. The Morgan fingerprint density at radius 3 is 2.03 bits per heavy atom. The SMILES string of the molecule is O=C(C[C@@H](NC(=O)c1ccccc1)c1ccccc1)N/N=C\c1ccc(OCC(=O)Nc2ccccc2)cc1. The molecule has 0 bridgehead atoms. The summed E-state index contributed by atoms with van der Waals surface area (Å²) in [4.78, 5) is 37.4. The highest BCUT2D eigenvalue weighted by Gasteiger charge is 2.19. The molecule has 4 rings (SSSR count). The van der Waals surface area contributed by atoms with Gasteiger partial charge in [0.15, 0.2) is 6.61 Å². The summed E-state index contributed by atoms with van der Waals surface area (Å²) >= 11 is 0. The number of hydrazone groups is 1. The Morgan fingerprint density at radius 2 is 1.36 bits per heavy atom. The van der Waals surface area contributed by atoms with Crippen LogP contribution in [0.1, 0.15) is 33.9 Å². The van der Waals surface area contributed by atoms with Crippen LogP contribution in [0.15, 0.2) is 120 Å². The van der Waals surface area contributed by atoms with Crippen LogP contribution in [-0.2, 0) is 9.59 Å². The van der Waals surface area contributed by atoms with Gasteiger partial charge in [-0.15, -0.1) is 0 Å². The van der Waals surface area contributed by atoms with E-state index in [1.807, 2.05) is 54.6 Å². The molecule has 0 unspecified atom stereocenters. The van der Waals surface area contributed by atoms with E-state index in [1.54, 1.807) is 60.7 Å². The van der Waals surface area contributed by atoms with Crippen molar-refractivity contribution in [3.63, 3.8) is 0 Å². The molecule has 1 atom stereocenters. The third-order valence-electron chi connectivity index (χ3n) is 5.64. The van der Waals surface area contributed by atoms with E-state index in [9.17, 15) is 14.4 Å². The first-order valence-corrected chi connectivity index (χ1v) is 12.4. The molecule has 0 aliphatic rings. The van der Waals surface area contributed by atoms with Crippen molar-refractivity contribution in [3.05, 3.63) is 132 Å². The van der Waals surface area contributed by atoms with E-state index < -0.39 is 6.04 Å². The molecule has 8 nitrogen and oxygen atoms in total. The Bertz CT molecular complexity index is 1390. The maximum atomic E-state index is 12.7. The number of amides is 3. The maximum absolute atomic E-state index is 12.7. The van der Waals surface area contributed by atoms with Crippen LogP contribution >= 0.6 is 0 Å². The Morgan fingerprint density at radius 1 is 0.744 bits per heavy atom. The maximum Gasteiger partial charge on any atom is 0.262 e. The summed E-state index contributed by atoms with van der Waals surface area (Å²) in [7, 11) is 0. The van der Waals surface area contributed by atoms with Gasteiger partial charge < -0.3 is 15.4 Å². The van der Waals surface area contributed by atoms with Crippen LogP contribution in [0.5, 0.6) is 5.75 Å². The molecule has 8 heteroatoms. The molecule has 4 aromatic carbocycles. The number of anilines is 1. The molecule has 4 aromatic rings. The predicted molar refractivity (Wildman–Crippen MR) is 150 cm³/mol. The predicted octanol–water partition coefficient (Wildman–Crippen LogP) is 4.72. The monoisotopic (exact) mass is 520 g/mol. The number of para-hydroxylation sites is 1. The highest BCUT2D eigenvalue weighted by molar-refractivity contribution is 5.95. The molecular weight excluding hydrogens is 492 g/mol. The summed E-state index contributed by atoms with van der Waals surface area (Å²) < 4.78 is 5.53. The number of benzene rings is 4. The third kappa shape index (κ3) is 8.68. The molecular formula is C31H28N4O4. The zero-order valence-corrected chi connectivity index (χ0v) is 21.1. The van der Waals surface area contributed by atoms with Gasteiger partial charge in [-0.3, -0.25) is 14.4 Å². The molecule has 3 N–H and O–H groups in total. The highest BCUT2D eigenvalue weighted by atomic mass is 16.5. The molecule has 0 saturated heterocycles. The van der Waals surface area contributed by atoms with E-state index in [4.69, 9.17) is 4.74 Å². The smallest absolute Gasteiger partial charge is 0.262 e. The fraction of sp³-hybridized carbons (Fsp3) is 0.0968. The average Bonchev–Trinajstić information content (AvgIpc) is 2.98. The van der Waals surface area contributed by atoms with E-state index in [0.717, 1.165) is 11.1 Å². The van der Waals surface area contributed by atoms with Crippen LogP contribution in [0.25, 0.3) is 0 Å². The Labute approximate surface area is 226 Å². The van der Waals surface area contributed by atoms with Crippen LogP contribution in [0.2, 0.25) is 0 Å². The van der Waals surface area contributed by atoms with Gasteiger partial charge in [-0.2, -0.15) is 5.10 Å². The molecule has 3 amide bonds. The van der Waals surface area contributed by atoms with E-state index in [2.05, 4.69) is 21.2 Å². The van der Waals surface area contributed by atoms with Gasteiger partial charge in [0.2, 0.25) is 5.91 Å². The number of nitrogens with zero attached hydrogens (tertiary/aromatic N) is 1. The third-order valence-corrected chi connectivity index (χ3v) is 5.64. The minimum absolute atomic E-state index is 0.0117. The Balaban J connectivity index is 1.27. The van der Waals surface area contributed by atoms with Gasteiger partial charge in [-0.25, -0.2) is 5.43 Å². The Kier molecular flexibility index (Phi) is 9.56. The number of carbonyl (C=O) groups excluding carboxylic acids is 3. The van der Waals surface area contributed by atoms with Crippen LogP contribution < -0.4 is 20.8 Å². The molecule has 0 aromatic heterocycles. The summed E-state index contributed by atoms with van der Waals surface area (Å²) in [5, 5.41) is 9.72. The van der Waals surface area contributed by atoms with E-state index >= 15 is 0 Å². The Hall–Kier alpha value is -5.24. The number of rotatable bonds is 11. The summed E-state index contributed by atoms with van der Waals surface area (Å²) in [6.45, 7) is -0.123. The van der Waals surface area contributed by atoms with Gasteiger partial charge in [0, 0.05) is 11.3 Å². The first-order valence-electron chi connectivity index (χ1n) is 12.4. The molecule has 0 aliphatic carbocycles. The molecule has 0 fully saturated rings.